The summed E-state index contributed by atoms with van der Waals surface area (Å²) < 4.78 is 5.83. The number of hydrogen-bond acceptors (Lipinski definition) is 3. The van der Waals surface area contributed by atoms with Crippen molar-refractivity contribution in [1.82, 2.24) is 4.98 Å². The van der Waals surface area contributed by atoms with E-state index in [1.807, 2.05) is 20.8 Å². The molecule has 0 bridgehead atoms. The summed E-state index contributed by atoms with van der Waals surface area (Å²) in [7, 11) is 0. The van der Waals surface area contributed by atoms with Gasteiger partial charge in [-0.25, -0.2) is 9.78 Å². The van der Waals surface area contributed by atoms with Crippen LogP contribution >= 0.6 is 0 Å². The van der Waals surface area contributed by atoms with Gasteiger partial charge in [-0.3, -0.25) is 0 Å². The van der Waals surface area contributed by atoms with Crippen molar-refractivity contribution in [1.29, 1.82) is 0 Å². The fraction of sp³-hybridized carbons (Fsp3) is 0.600. The first-order valence-electron chi connectivity index (χ1n) is 6.79. The molecule has 1 N–H and O–H groups in total. The third-order valence-electron chi connectivity index (χ3n) is 3.41. The van der Waals surface area contributed by atoms with Gasteiger partial charge in [0.2, 0.25) is 5.88 Å². The van der Waals surface area contributed by atoms with E-state index in [1.54, 1.807) is 6.07 Å². The summed E-state index contributed by atoms with van der Waals surface area (Å²) in [4.78, 5) is 15.7. The van der Waals surface area contributed by atoms with Crippen LogP contribution in [-0.2, 0) is 5.41 Å². The van der Waals surface area contributed by atoms with E-state index in [-0.39, 0.29) is 17.1 Å². The highest BCUT2D eigenvalue weighted by Crippen LogP contribution is 2.27. The second-order valence-corrected chi connectivity index (χ2v) is 6.16. The number of pyridine rings is 1. The van der Waals surface area contributed by atoms with Gasteiger partial charge in [0.05, 0.1) is 11.3 Å². The molecule has 0 atom stereocenters. The Kier molecular flexibility index (Phi) is 3.78. The van der Waals surface area contributed by atoms with Gasteiger partial charge in [0.1, 0.15) is 6.10 Å². The van der Waals surface area contributed by atoms with Crippen molar-refractivity contribution in [3.05, 3.63) is 23.4 Å². The van der Waals surface area contributed by atoms with Crippen LogP contribution in [0.25, 0.3) is 0 Å². The van der Waals surface area contributed by atoms with Gasteiger partial charge in [-0.2, -0.15) is 0 Å². The lowest BCUT2D eigenvalue weighted by atomic mass is 9.91. The minimum Gasteiger partial charge on any atom is -0.478 e. The quantitative estimate of drug-likeness (QED) is 0.908. The van der Waals surface area contributed by atoms with E-state index in [2.05, 4.69) is 4.98 Å². The average molecular weight is 263 g/mol. The van der Waals surface area contributed by atoms with Gasteiger partial charge in [-0.05, 0) is 31.7 Å². The first-order valence-corrected chi connectivity index (χ1v) is 6.79. The van der Waals surface area contributed by atoms with Crippen LogP contribution in [0.15, 0.2) is 12.1 Å². The number of aromatic carboxylic acids is 1. The lowest BCUT2D eigenvalue weighted by Gasteiger charge is -2.20. The maximum Gasteiger partial charge on any atom is 0.335 e. The Bertz CT molecular complexity index is 471. The Hall–Kier alpha value is -1.58. The van der Waals surface area contributed by atoms with Gasteiger partial charge in [0.25, 0.3) is 0 Å². The monoisotopic (exact) mass is 263 g/mol. The molecule has 0 radical (unpaired) electrons. The highest BCUT2D eigenvalue weighted by Gasteiger charge is 2.22. The van der Waals surface area contributed by atoms with Gasteiger partial charge in [-0.1, -0.05) is 20.8 Å². The average Bonchev–Trinajstić information content (AvgIpc) is 2.80. The molecule has 0 amide bonds. The van der Waals surface area contributed by atoms with Crippen LogP contribution in [0.5, 0.6) is 5.88 Å². The zero-order valence-corrected chi connectivity index (χ0v) is 11.8. The predicted octanol–water partition coefficient (Wildman–Crippen LogP) is 3.40. The smallest absolute Gasteiger partial charge is 0.335 e. The molecule has 1 aliphatic carbocycles. The molecular formula is C15H21NO3. The summed E-state index contributed by atoms with van der Waals surface area (Å²) in [6, 6.07) is 3.15. The highest BCUT2D eigenvalue weighted by atomic mass is 16.5. The fourth-order valence-corrected chi connectivity index (χ4v) is 2.25. The van der Waals surface area contributed by atoms with E-state index in [4.69, 9.17) is 4.74 Å². The molecule has 0 aliphatic heterocycles. The molecule has 1 fully saturated rings. The molecule has 1 saturated carbocycles. The maximum atomic E-state index is 11.2. The first-order chi connectivity index (χ1) is 8.86. The fourth-order valence-electron chi connectivity index (χ4n) is 2.25. The predicted molar refractivity (Wildman–Crippen MR) is 72.8 cm³/mol. The number of nitrogens with zero attached hydrogens (tertiary/aromatic N) is 1. The van der Waals surface area contributed by atoms with Gasteiger partial charge < -0.3 is 9.84 Å². The molecule has 1 aromatic rings. The Balaban J connectivity index is 2.31. The molecule has 1 aromatic heterocycles. The zero-order chi connectivity index (χ0) is 14.0. The summed E-state index contributed by atoms with van der Waals surface area (Å²) in [6.07, 6.45) is 4.60. The van der Waals surface area contributed by atoms with Crippen molar-refractivity contribution < 1.29 is 14.6 Å². The molecule has 4 heteroatoms. The molecular weight excluding hydrogens is 242 g/mol. The number of ether oxygens (including phenoxy) is 1. The van der Waals surface area contributed by atoms with Crippen LogP contribution in [-0.4, -0.2) is 22.2 Å². The minimum absolute atomic E-state index is 0.185. The third-order valence-corrected chi connectivity index (χ3v) is 3.41. The van der Waals surface area contributed by atoms with Crippen molar-refractivity contribution in [2.75, 3.05) is 0 Å². The van der Waals surface area contributed by atoms with Gasteiger partial charge in [0.15, 0.2) is 0 Å². The number of hydrogen-bond donors (Lipinski definition) is 1. The number of carboxylic acids is 1. The Morgan fingerprint density at radius 3 is 2.47 bits per heavy atom. The summed E-state index contributed by atoms with van der Waals surface area (Å²) in [5.41, 5.74) is 0.799. The second kappa shape index (κ2) is 5.19. The van der Waals surface area contributed by atoms with Crippen molar-refractivity contribution >= 4 is 5.97 Å². The van der Waals surface area contributed by atoms with E-state index >= 15 is 0 Å². The lowest BCUT2D eigenvalue weighted by Crippen LogP contribution is -2.18. The molecule has 104 valence electrons. The molecule has 19 heavy (non-hydrogen) atoms. The van der Waals surface area contributed by atoms with Crippen molar-refractivity contribution in [3.8, 4) is 5.88 Å². The molecule has 0 saturated heterocycles. The Morgan fingerprint density at radius 1 is 1.32 bits per heavy atom. The van der Waals surface area contributed by atoms with Crippen LogP contribution < -0.4 is 4.74 Å². The summed E-state index contributed by atoms with van der Waals surface area (Å²) in [5, 5.41) is 9.18. The lowest BCUT2D eigenvalue weighted by molar-refractivity contribution is 0.0695. The first kappa shape index (κ1) is 13.8. The van der Waals surface area contributed by atoms with Gasteiger partial charge >= 0.3 is 5.97 Å². The van der Waals surface area contributed by atoms with E-state index in [0.717, 1.165) is 18.5 Å². The summed E-state index contributed by atoms with van der Waals surface area (Å²) >= 11 is 0. The van der Waals surface area contributed by atoms with E-state index in [1.165, 1.54) is 18.9 Å². The number of carboxylic acid groups (broad SMARTS) is 1. The van der Waals surface area contributed by atoms with Crippen molar-refractivity contribution in [2.45, 2.75) is 58.0 Å². The highest BCUT2D eigenvalue weighted by molar-refractivity contribution is 5.88. The van der Waals surface area contributed by atoms with Crippen molar-refractivity contribution in [3.63, 3.8) is 0 Å². The molecule has 0 unspecified atom stereocenters. The number of rotatable bonds is 3. The normalized spacial score (nSPS) is 16.6. The van der Waals surface area contributed by atoms with Crippen LogP contribution in [0, 0.1) is 0 Å². The minimum atomic E-state index is -0.941. The Labute approximate surface area is 113 Å². The van der Waals surface area contributed by atoms with Crippen LogP contribution in [0.2, 0.25) is 0 Å². The van der Waals surface area contributed by atoms with E-state index < -0.39 is 5.97 Å². The Morgan fingerprint density at radius 2 is 1.95 bits per heavy atom. The zero-order valence-electron chi connectivity index (χ0n) is 11.8. The van der Waals surface area contributed by atoms with E-state index in [9.17, 15) is 9.90 Å². The molecule has 2 rings (SSSR count). The summed E-state index contributed by atoms with van der Waals surface area (Å²) in [5.74, 6) is -0.499. The van der Waals surface area contributed by atoms with Crippen molar-refractivity contribution in [2.24, 2.45) is 0 Å². The van der Waals surface area contributed by atoms with Crippen LogP contribution in [0.4, 0.5) is 0 Å². The van der Waals surface area contributed by atoms with Gasteiger partial charge in [-0.15, -0.1) is 0 Å². The van der Waals surface area contributed by atoms with Crippen LogP contribution in [0.3, 0.4) is 0 Å². The molecule has 1 aliphatic rings. The topological polar surface area (TPSA) is 59.4 Å². The molecule has 0 aromatic carbocycles. The van der Waals surface area contributed by atoms with E-state index in [0.29, 0.717) is 5.88 Å². The molecule has 0 spiro atoms. The largest absolute Gasteiger partial charge is 0.478 e. The third kappa shape index (κ3) is 3.46. The second-order valence-electron chi connectivity index (χ2n) is 6.16. The van der Waals surface area contributed by atoms with Crippen LogP contribution in [0.1, 0.15) is 62.5 Å². The molecule has 4 nitrogen and oxygen atoms in total. The standard InChI is InChI=1S/C15H21NO3/c1-15(2,3)12-8-10(14(17)18)9-13(16-12)19-11-6-4-5-7-11/h8-9,11H,4-7H2,1-3H3,(H,17,18). The summed E-state index contributed by atoms with van der Waals surface area (Å²) in [6.45, 7) is 6.04. The maximum absolute atomic E-state index is 11.2. The number of carbonyl (C=O) groups is 1. The number of aromatic nitrogens is 1. The van der Waals surface area contributed by atoms with Gasteiger partial charge in [0, 0.05) is 11.5 Å². The molecule has 1 heterocycles. The SMILES string of the molecule is CC(C)(C)c1cc(C(=O)O)cc(OC2CCCC2)n1.